The summed E-state index contributed by atoms with van der Waals surface area (Å²) in [5, 5.41) is 11.7. The maximum atomic E-state index is 13.9. The van der Waals surface area contributed by atoms with Gasteiger partial charge in [-0.25, -0.2) is 0 Å². The molecule has 0 saturated carbocycles. The van der Waals surface area contributed by atoms with E-state index in [9.17, 15) is 14.7 Å². The number of aromatic amines is 1. The zero-order valence-corrected chi connectivity index (χ0v) is 23.6. The second kappa shape index (κ2) is 13.0. The van der Waals surface area contributed by atoms with Gasteiger partial charge in [-0.05, 0) is 56.6 Å². The van der Waals surface area contributed by atoms with Gasteiger partial charge in [0.15, 0.2) is 0 Å². The van der Waals surface area contributed by atoms with Crippen LogP contribution in [0.15, 0.2) is 40.3 Å². The fourth-order valence-corrected chi connectivity index (χ4v) is 5.84. The van der Waals surface area contributed by atoms with E-state index in [0.717, 1.165) is 44.9 Å². The standard InChI is InChI=1S/C31H41N3O5/c1-5-7-12-22-25(26-23(38-3)13-10-14-24(26)39-4)29(35)27(30(36)33-22)31(37)34-18-9-8-11-21(16-19-34)28-20(6-2)15-17-32-28/h10,13-15,17,20-21H,5-9,11-12,16,18-19H2,1-4H3,(H2,33,35,36). The van der Waals surface area contributed by atoms with Gasteiger partial charge in [0.05, 0.1) is 25.3 Å². The zero-order chi connectivity index (χ0) is 27.9. The number of allylic oxidation sites excluding steroid dienone is 1. The molecule has 1 aromatic carbocycles. The second-order valence-corrected chi connectivity index (χ2v) is 10.4. The molecule has 0 radical (unpaired) electrons. The third kappa shape index (κ3) is 5.89. The van der Waals surface area contributed by atoms with Gasteiger partial charge in [-0.2, -0.15) is 0 Å². The molecule has 0 bridgehead atoms. The molecule has 1 fully saturated rings. The van der Waals surface area contributed by atoms with Gasteiger partial charge in [0, 0.05) is 36.6 Å². The van der Waals surface area contributed by atoms with E-state index in [4.69, 9.17) is 9.47 Å². The minimum atomic E-state index is -0.574. The van der Waals surface area contributed by atoms with Crippen molar-refractivity contribution in [2.75, 3.05) is 27.3 Å². The number of carbonyl (C=O) groups excluding carboxylic acids is 1. The van der Waals surface area contributed by atoms with Gasteiger partial charge in [-0.3, -0.25) is 14.6 Å². The van der Waals surface area contributed by atoms with Crippen molar-refractivity contribution in [1.82, 2.24) is 9.88 Å². The Morgan fingerprint density at radius 2 is 1.85 bits per heavy atom. The van der Waals surface area contributed by atoms with Crippen molar-refractivity contribution in [1.29, 1.82) is 0 Å². The van der Waals surface area contributed by atoms with E-state index in [-0.39, 0.29) is 11.3 Å². The number of benzene rings is 1. The smallest absolute Gasteiger partial charge is 0.264 e. The third-order valence-electron chi connectivity index (χ3n) is 7.98. The number of aromatic hydroxyl groups is 1. The summed E-state index contributed by atoms with van der Waals surface area (Å²) in [6.45, 7) is 5.27. The molecule has 2 aliphatic heterocycles. The van der Waals surface area contributed by atoms with Gasteiger partial charge in [-0.15, -0.1) is 0 Å². The highest BCUT2D eigenvalue weighted by Crippen LogP contribution is 2.45. The maximum absolute atomic E-state index is 13.9. The Morgan fingerprint density at radius 3 is 2.51 bits per heavy atom. The lowest BCUT2D eigenvalue weighted by atomic mass is 9.84. The average molecular weight is 536 g/mol. The Hall–Kier alpha value is -3.55. The van der Waals surface area contributed by atoms with Crippen LogP contribution in [-0.4, -0.2) is 53.9 Å². The van der Waals surface area contributed by atoms with Crippen LogP contribution in [0.2, 0.25) is 0 Å². The highest BCUT2D eigenvalue weighted by Gasteiger charge is 2.32. The number of amides is 1. The highest BCUT2D eigenvalue weighted by atomic mass is 16.5. The molecule has 2 unspecified atom stereocenters. The van der Waals surface area contributed by atoms with Gasteiger partial charge in [0.25, 0.3) is 11.5 Å². The lowest BCUT2D eigenvalue weighted by molar-refractivity contribution is 0.0731. The van der Waals surface area contributed by atoms with Crippen molar-refractivity contribution in [3.63, 3.8) is 0 Å². The van der Waals surface area contributed by atoms with E-state index in [1.165, 1.54) is 5.71 Å². The molecule has 2 aromatic rings. The first-order chi connectivity index (χ1) is 18.9. The van der Waals surface area contributed by atoms with E-state index < -0.39 is 11.5 Å². The summed E-state index contributed by atoms with van der Waals surface area (Å²) < 4.78 is 11.2. The van der Waals surface area contributed by atoms with Crippen LogP contribution in [0.1, 0.15) is 74.8 Å². The Morgan fingerprint density at radius 1 is 1.10 bits per heavy atom. The predicted molar refractivity (Wildman–Crippen MR) is 154 cm³/mol. The van der Waals surface area contributed by atoms with Gasteiger partial charge in [0.2, 0.25) is 0 Å². The quantitative estimate of drug-likeness (QED) is 0.426. The highest BCUT2D eigenvalue weighted by molar-refractivity contribution is 6.00. The second-order valence-electron chi connectivity index (χ2n) is 10.4. The van der Waals surface area contributed by atoms with E-state index in [1.807, 2.05) is 6.20 Å². The van der Waals surface area contributed by atoms with Crippen molar-refractivity contribution < 1.29 is 19.4 Å². The van der Waals surface area contributed by atoms with Crippen LogP contribution in [0.25, 0.3) is 11.1 Å². The molecule has 1 amide bonds. The van der Waals surface area contributed by atoms with E-state index >= 15 is 0 Å². The van der Waals surface area contributed by atoms with E-state index in [1.54, 1.807) is 37.3 Å². The average Bonchev–Trinajstić information content (AvgIpc) is 3.40. The molecule has 0 spiro atoms. The number of hydrogen-bond donors (Lipinski definition) is 2. The van der Waals surface area contributed by atoms with Crippen molar-refractivity contribution in [2.24, 2.45) is 16.8 Å². The van der Waals surface area contributed by atoms with Gasteiger partial charge in [0.1, 0.15) is 22.8 Å². The third-order valence-corrected chi connectivity index (χ3v) is 7.98. The first-order valence-corrected chi connectivity index (χ1v) is 14.2. The first-order valence-electron chi connectivity index (χ1n) is 14.2. The lowest BCUT2D eigenvalue weighted by Crippen LogP contribution is -2.39. The molecule has 210 valence electrons. The fourth-order valence-electron chi connectivity index (χ4n) is 5.84. The number of aliphatic imine (C=N–C) groups is 1. The number of ether oxygens (including phenoxy) is 2. The molecule has 3 heterocycles. The number of hydrogen-bond acceptors (Lipinski definition) is 6. The summed E-state index contributed by atoms with van der Waals surface area (Å²) in [6.07, 6.45) is 10.9. The fraction of sp³-hybridized carbons (Fsp3) is 0.516. The van der Waals surface area contributed by atoms with Crippen LogP contribution < -0.4 is 15.0 Å². The van der Waals surface area contributed by atoms with Crippen LogP contribution >= 0.6 is 0 Å². The number of aryl methyl sites for hydroxylation is 1. The number of H-pyrrole nitrogens is 1. The van der Waals surface area contributed by atoms with Crippen LogP contribution in [0.5, 0.6) is 17.2 Å². The number of methoxy groups -OCH3 is 2. The summed E-state index contributed by atoms with van der Waals surface area (Å²) in [6, 6.07) is 5.35. The predicted octanol–water partition coefficient (Wildman–Crippen LogP) is 5.73. The molecule has 2 N–H and O–H groups in total. The van der Waals surface area contributed by atoms with E-state index in [0.29, 0.717) is 59.7 Å². The Kier molecular flexibility index (Phi) is 9.49. The largest absolute Gasteiger partial charge is 0.506 e. The Labute approximate surface area is 230 Å². The Bertz CT molecular complexity index is 1270. The molecular formula is C31H41N3O5. The molecule has 4 rings (SSSR count). The monoisotopic (exact) mass is 535 g/mol. The van der Waals surface area contributed by atoms with Crippen LogP contribution in [0.3, 0.4) is 0 Å². The minimum Gasteiger partial charge on any atom is -0.506 e. The Balaban J connectivity index is 1.73. The summed E-state index contributed by atoms with van der Waals surface area (Å²) in [5.74, 6) is 0.852. The molecule has 8 heteroatoms. The summed E-state index contributed by atoms with van der Waals surface area (Å²) in [7, 11) is 3.09. The SMILES string of the molecule is CCCCc1[nH]c(=O)c(C(=O)N2CCCCC(C3=NC=CC3CC)CC2)c(O)c1-c1c(OC)cccc1OC. The van der Waals surface area contributed by atoms with Crippen LogP contribution in [-0.2, 0) is 6.42 Å². The minimum absolute atomic E-state index is 0.235. The normalized spacial score (nSPS) is 19.4. The number of nitrogens with one attached hydrogen (secondary N) is 1. The summed E-state index contributed by atoms with van der Waals surface area (Å²) in [5.41, 5.74) is 1.85. The summed E-state index contributed by atoms with van der Waals surface area (Å²) in [4.78, 5) is 36.6. The van der Waals surface area contributed by atoms with Gasteiger partial charge >= 0.3 is 0 Å². The van der Waals surface area contributed by atoms with Crippen molar-refractivity contribution in [3.8, 4) is 28.4 Å². The van der Waals surface area contributed by atoms with Crippen molar-refractivity contribution >= 4 is 11.6 Å². The van der Waals surface area contributed by atoms with Gasteiger partial charge < -0.3 is 24.5 Å². The molecule has 2 aliphatic rings. The number of unbranched alkanes of at least 4 members (excludes halogenated alkanes) is 1. The van der Waals surface area contributed by atoms with Crippen LogP contribution in [0.4, 0.5) is 0 Å². The molecule has 39 heavy (non-hydrogen) atoms. The van der Waals surface area contributed by atoms with Crippen molar-refractivity contribution in [3.05, 3.63) is 52.1 Å². The molecular weight excluding hydrogens is 494 g/mol. The number of pyridine rings is 1. The molecule has 8 nitrogen and oxygen atoms in total. The topological polar surface area (TPSA) is 104 Å². The lowest BCUT2D eigenvalue weighted by Gasteiger charge is -2.30. The van der Waals surface area contributed by atoms with Gasteiger partial charge in [-0.1, -0.05) is 38.8 Å². The van der Waals surface area contributed by atoms with E-state index in [2.05, 4.69) is 29.9 Å². The first kappa shape index (κ1) is 28.5. The number of carbonyl (C=O) groups is 1. The van der Waals surface area contributed by atoms with Crippen LogP contribution in [0, 0.1) is 11.8 Å². The number of aromatic nitrogens is 1. The zero-order valence-electron chi connectivity index (χ0n) is 23.6. The molecule has 2 atom stereocenters. The molecule has 1 aromatic heterocycles. The molecule has 1 saturated heterocycles. The maximum Gasteiger partial charge on any atom is 0.264 e. The number of nitrogens with zero attached hydrogens (tertiary/aromatic N) is 2. The number of likely N-dealkylation sites (tertiary alicyclic amines) is 1. The van der Waals surface area contributed by atoms with Crippen molar-refractivity contribution in [2.45, 2.75) is 65.2 Å². The molecule has 0 aliphatic carbocycles. The summed E-state index contributed by atoms with van der Waals surface area (Å²) >= 11 is 0. The number of rotatable bonds is 9.